The smallest absolute Gasteiger partial charge is 0.307 e. The summed E-state index contributed by atoms with van der Waals surface area (Å²) in [5.74, 6) is -1.36. The fourth-order valence-electron chi connectivity index (χ4n) is 2.87. The topological polar surface area (TPSA) is 54.4 Å². The normalized spacial score (nSPS) is 26.3. The maximum absolute atomic E-state index is 12.5. The molecule has 102 valence electrons. The minimum atomic E-state index is -0.834. The lowest BCUT2D eigenvalue weighted by molar-refractivity contribution is -0.142. The van der Waals surface area contributed by atoms with Crippen molar-refractivity contribution >= 4 is 34.3 Å². The van der Waals surface area contributed by atoms with Crippen LogP contribution in [-0.4, -0.2) is 16.9 Å². The van der Waals surface area contributed by atoms with E-state index in [-0.39, 0.29) is 11.7 Å². The molecule has 0 radical (unpaired) electrons. The molecule has 1 aliphatic carbocycles. The van der Waals surface area contributed by atoms with Gasteiger partial charge in [0.15, 0.2) is 5.78 Å². The van der Waals surface area contributed by atoms with Crippen molar-refractivity contribution in [2.75, 3.05) is 0 Å². The summed E-state index contributed by atoms with van der Waals surface area (Å²) in [5.41, 5.74) is 0.633. The van der Waals surface area contributed by atoms with Gasteiger partial charge in [-0.3, -0.25) is 9.59 Å². The highest BCUT2D eigenvalue weighted by Gasteiger charge is 2.42. The van der Waals surface area contributed by atoms with Crippen molar-refractivity contribution in [1.29, 1.82) is 0 Å². The van der Waals surface area contributed by atoms with E-state index in [0.717, 1.165) is 9.99 Å². The van der Waals surface area contributed by atoms with Crippen molar-refractivity contribution < 1.29 is 14.7 Å². The predicted molar refractivity (Wildman–Crippen MR) is 81.1 cm³/mol. The summed E-state index contributed by atoms with van der Waals surface area (Å²) in [7, 11) is 0. The highest BCUT2D eigenvalue weighted by molar-refractivity contribution is 14.1. The Morgan fingerprint density at radius 3 is 2.32 bits per heavy atom. The lowest BCUT2D eigenvalue weighted by Gasteiger charge is -2.14. The van der Waals surface area contributed by atoms with Gasteiger partial charge in [0.1, 0.15) is 0 Å². The minimum Gasteiger partial charge on any atom is -0.481 e. The Morgan fingerprint density at radius 2 is 1.79 bits per heavy atom. The van der Waals surface area contributed by atoms with E-state index >= 15 is 0 Å². The zero-order valence-corrected chi connectivity index (χ0v) is 13.0. The summed E-state index contributed by atoms with van der Waals surface area (Å²) in [6, 6.07) is 7.36. The quantitative estimate of drug-likeness (QED) is 0.649. The molecule has 0 aromatic heterocycles. The van der Waals surface area contributed by atoms with E-state index in [0.29, 0.717) is 24.3 Å². The summed E-state index contributed by atoms with van der Waals surface area (Å²) in [6.45, 7) is 2.06. The van der Waals surface area contributed by atoms with Crippen molar-refractivity contribution in [1.82, 2.24) is 0 Å². The van der Waals surface area contributed by atoms with Gasteiger partial charge in [-0.25, -0.2) is 0 Å². The zero-order valence-electron chi connectivity index (χ0n) is 10.8. The van der Waals surface area contributed by atoms with Crippen LogP contribution in [0.5, 0.6) is 0 Å². The summed E-state index contributed by atoms with van der Waals surface area (Å²) in [6.07, 6.45) is 2.28. The monoisotopic (exact) mass is 372 g/mol. The number of hydrogen-bond acceptors (Lipinski definition) is 2. The van der Waals surface area contributed by atoms with Crippen molar-refractivity contribution in [2.45, 2.75) is 26.2 Å². The van der Waals surface area contributed by atoms with Crippen LogP contribution in [0.1, 0.15) is 36.5 Å². The molecule has 3 unspecified atom stereocenters. The van der Waals surface area contributed by atoms with Gasteiger partial charge in [-0.1, -0.05) is 25.5 Å². The second-order valence-electron chi connectivity index (χ2n) is 5.17. The first-order chi connectivity index (χ1) is 9.02. The van der Waals surface area contributed by atoms with Crippen molar-refractivity contribution in [3.8, 4) is 0 Å². The molecule has 1 aromatic rings. The van der Waals surface area contributed by atoms with Crippen LogP contribution >= 0.6 is 22.6 Å². The molecule has 0 saturated heterocycles. The third kappa shape index (κ3) is 3.16. The molecule has 3 atom stereocenters. The molecule has 2 rings (SSSR count). The Morgan fingerprint density at radius 1 is 1.21 bits per heavy atom. The molecule has 19 heavy (non-hydrogen) atoms. The van der Waals surface area contributed by atoms with E-state index in [1.165, 1.54) is 0 Å². The van der Waals surface area contributed by atoms with Gasteiger partial charge in [0, 0.05) is 15.1 Å². The molecule has 1 saturated carbocycles. The standard InChI is InChI=1S/C15H17IO3/c1-2-9-7-12(13(8-9)15(18)19)14(17)10-3-5-11(16)6-4-10/h3-6,9,12-13H,2,7-8H2,1H3,(H,18,19). The van der Waals surface area contributed by atoms with Gasteiger partial charge >= 0.3 is 5.97 Å². The van der Waals surface area contributed by atoms with Gasteiger partial charge < -0.3 is 5.11 Å². The number of carbonyl (C=O) groups excluding carboxylic acids is 1. The van der Waals surface area contributed by atoms with E-state index in [1.807, 2.05) is 12.1 Å². The number of halogens is 1. The van der Waals surface area contributed by atoms with E-state index in [4.69, 9.17) is 0 Å². The Bertz CT molecular complexity index is 481. The highest BCUT2D eigenvalue weighted by atomic mass is 127. The SMILES string of the molecule is CCC1CC(C(=O)O)C(C(=O)c2ccc(I)cc2)C1. The van der Waals surface area contributed by atoms with Gasteiger partial charge in [-0.05, 0) is 53.5 Å². The first kappa shape index (κ1) is 14.5. The summed E-state index contributed by atoms with van der Waals surface area (Å²) in [4.78, 5) is 23.8. The number of benzene rings is 1. The molecule has 0 heterocycles. The zero-order chi connectivity index (χ0) is 14.0. The number of aliphatic carboxylic acids is 1. The molecule has 1 N–H and O–H groups in total. The lowest BCUT2D eigenvalue weighted by atomic mass is 9.88. The predicted octanol–water partition coefficient (Wildman–Crippen LogP) is 3.61. The lowest BCUT2D eigenvalue weighted by Crippen LogP contribution is -2.25. The second kappa shape index (κ2) is 6.03. The van der Waals surface area contributed by atoms with Crippen molar-refractivity contribution in [3.63, 3.8) is 0 Å². The molecule has 1 aliphatic rings. The molecule has 3 nitrogen and oxygen atoms in total. The molecule has 0 spiro atoms. The van der Waals surface area contributed by atoms with Crippen molar-refractivity contribution in [3.05, 3.63) is 33.4 Å². The van der Waals surface area contributed by atoms with Gasteiger partial charge in [-0.2, -0.15) is 0 Å². The van der Waals surface area contributed by atoms with Crippen LogP contribution in [0.4, 0.5) is 0 Å². The van der Waals surface area contributed by atoms with Crippen LogP contribution in [0.15, 0.2) is 24.3 Å². The molecular weight excluding hydrogens is 355 g/mol. The molecule has 1 fully saturated rings. The highest BCUT2D eigenvalue weighted by Crippen LogP contribution is 2.40. The van der Waals surface area contributed by atoms with Crippen LogP contribution in [-0.2, 0) is 4.79 Å². The molecule has 1 aromatic carbocycles. The summed E-state index contributed by atoms with van der Waals surface area (Å²) >= 11 is 2.19. The van der Waals surface area contributed by atoms with Gasteiger partial charge in [0.2, 0.25) is 0 Å². The molecule has 0 amide bonds. The Labute approximate surface area is 126 Å². The average Bonchev–Trinajstić information content (AvgIpc) is 2.83. The van der Waals surface area contributed by atoms with Gasteiger partial charge in [0.05, 0.1) is 5.92 Å². The minimum absolute atomic E-state index is 0.0141. The third-order valence-corrected chi connectivity index (χ3v) is 4.74. The first-order valence-corrected chi connectivity index (χ1v) is 7.63. The number of carbonyl (C=O) groups is 2. The summed E-state index contributed by atoms with van der Waals surface area (Å²) < 4.78 is 1.07. The van der Waals surface area contributed by atoms with Crippen LogP contribution < -0.4 is 0 Å². The second-order valence-corrected chi connectivity index (χ2v) is 6.41. The van der Waals surface area contributed by atoms with Crippen molar-refractivity contribution in [2.24, 2.45) is 17.8 Å². The number of carboxylic acid groups (broad SMARTS) is 1. The Kier molecular flexibility index (Phi) is 4.60. The van der Waals surface area contributed by atoms with Crippen LogP contribution in [0.2, 0.25) is 0 Å². The van der Waals surface area contributed by atoms with Crippen LogP contribution in [0, 0.1) is 21.3 Å². The number of rotatable bonds is 4. The maximum Gasteiger partial charge on any atom is 0.307 e. The van der Waals surface area contributed by atoms with Gasteiger partial charge in [-0.15, -0.1) is 0 Å². The molecule has 4 heteroatoms. The Balaban J connectivity index is 2.21. The Hall–Kier alpha value is -0.910. The van der Waals surface area contributed by atoms with Gasteiger partial charge in [0.25, 0.3) is 0 Å². The molecular formula is C15H17IO3. The first-order valence-electron chi connectivity index (χ1n) is 6.55. The summed E-state index contributed by atoms with van der Waals surface area (Å²) in [5, 5.41) is 9.28. The number of ketones is 1. The maximum atomic E-state index is 12.5. The number of Topliss-reactive ketones (excluding diaryl/α,β-unsaturated/α-hetero) is 1. The molecule has 0 bridgehead atoms. The third-order valence-electron chi connectivity index (χ3n) is 4.02. The van der Waals surface area contributed by atoms with E-state index in [1.54, 1.807) is 12.1 Å². The molecule has 0 aliphatic heterocycles. The fourth-order valence-corrected chi connectivity index (χ4v) is 3.23. The van der Waals surface area contributed by atoms with E-state index < -0.39 is 11.9 Å². The fraction of sp³-hybridized carbons (Fsp3) is 0.467. The average molecular weight is 372 g/mol. The van der Waals surface area contributed by atoms with E-state index in [2.05, 4.69) is 29.5 Å². The number of hydrogen-bond donors (Lipinski definition) is 1. The van der Waals surface area contributed by atoms with Crippen LogP contribution in [0.25, 0.3) is 0 Å². The largest absolute Gasteiger partial charge is 0.481 e. The number of carboxylic acids is 1. The van der Waals surface area contributed by atoms with Crippen LogP contribution in [0.3, 0.4) is 0 Å². The van der Waals surface area contributed by atoms with E-state index in [9.17, 15) is 14.7 Å².